The molecule has 2 aromatic rings. The van der Waals surface area contributed by atoms with E-state index in [0.29, 0.717) is 17.5 Å². The maximum absolute atomic E-state index is 12.7. The van der Waals surface area contributed by atoms with Gasteiger partial charge in [-0.2, -0.15) is 0 Å². The number of hydrogen-bond donors (Lipinski definition) is 1. The van der Waals surface area contributed by atoms with Crippen LogP contribution in [0.15, 0.2) is 21.3 Å². The van der Waals surface area contributed by atoms with Gasteiger partial charge in [0, 0.05) is 34.4 Å². The van der Waals surface area contributed by atoms with Gasteiger partial charge in [-0.1, -0.05) is 0 Å². The van der Waals surface area contributed by atoms with Crippen LogP contribution in [0.25, 0.3) is 9.88 Å². The Balaban J connectivity index is 1.51. The van der Waals surface area contributed by atoms with Crippen molar-refractivity contribution in [1.29, 1.82) is 0 Å². The molecule has 2 N–H and O–H groups in total. The molecule has 4 nitrogen and oxygen atoms in total. The minimum Gasteiger partial charge on any atom is -0.337 e. The van der Waals surface area contributed by atoms with Gasteiger partial charge in [0.25, 0.3) is 5.91 Å². The molecule has 1 saturated carbocycles. The summed E-state index contributed by atoms with van der Waals surface area (Å²) in [5.41, 5.74) is 6.72. The number of thiophene rings is 1. The lowest BCUT2D eigenvalue weighted by Gasteiger charge is -2.17. The van der Waals surface area contributed by atoms with Crippen molar-refractivity contribution < 1.29 is 4.79 Å². The average Bonchev–Trinajstić information content (AvgIpc) is 3.23. The number of aromatic nitrogens is 1. The van der Waals surface area contributed by atoms with E-state index in [1.165, 1.54) is 11.3 Å². The van der Waals surface area contributed by atoms with Crippen molar-refractivity contribution in [2.75, 3.05) is 13.1 Å². The number of nitrogens with two attached hydrogens (primary N) is 1. The molecule has 0 aromatic carbocycles. The van der Waals surface area contributed by atoms with Crippen molar-refractivity contribution in [3.8, 4) is 9.88 Å². The van der Waals surface area contributed by atoms with Gasteiger partial charge in [0.15, 0.2) is 0 Å². The summed E-state index contributed by atoms with van der Waals surface area (Å²) < 4.78 is 1.05. The maximum atomic E-state index is 12.7. The van der Waals surface area contributed by atoms with Crippen LogP contribution in [0.2, 0.25) is 0 Å². The highest BCUT2D eigenvalue weighted by atomic mass is 79.9. The summed E-state index contributed by atoms with van der Waals surface area (Å²) in [7, 11) is 0. The number of fused-ring (bicyclic) bond motifs is 1. The minimum absolute atomic E-state index is 0.0553. The molecule has 7 heteroatoms. The predicted molar refractivity (Wildman–Crippen MR) is 93.2 cm³/mol. The Bertz CT molecular complexity index is 713. The third-order valence-electron chi connectivity index (χ3n) is 4.70. The molecule has 1 amide bonds. The number of likely N-dealkylation sites (tertiary alicyclic amines) is 1. The maximum Gasteiger partial charge on any atom is 0.273 e. The van der Waals surface area contributed by atoms with Crippen LogP contribution in [0, 0.1) is 11.8 Å². The first kappa shape index (κ1) is 14.8. The van der Waals surface area contributed by atoms with Crippen LogP contribution in [0.4, 0.5) is 0 Å². The van der Waals surface area contributed by atoms with Gasteiger partial charge in [-0.25, -0.2) is 4.98 Å². The molecule has 1 aliphatic carbocycles. The molecule has 0 spiro atoms. The first-order valence-electron chi connectivity index (χ1n) is 7.36. The number of carbonyl (C=O) groups excluding carboxylic acids is 1. The van der Waals surface area contributed by atoms with Crippen LogP contribution in [0.3, 0.4) is 0 Å². The molecule has 3 unspecified atom stereocenters. The summed E-state index contributed by atoms with van der Waals surface area (Å²) in [5, 5.41) is 4.82. The number of hydrogen-bond acceptors (Lipinski definition) is 5. The molecular formula is C15H16BrN3OS2. The first-order chi connectivity index (χ1) is 10.6. The first-order valence-corrected chi connectivity index (χ1v) is 9.92. The van der Waals surface area contributed by atoms with Gasteiger partial charge in [-0.3, -0.25) is 4.79 Å². The predicted octanol–water partition coefficient (Wildman–Crippen LogP) is 3.44. The van der Waals surface area contributed by atoms with Crippen LogP contribution in [-0.4, -0.2) is 34.9 Å². The molecular weight excluding hydrogens is 382 g/mol. The zero-order valence-electron chi connectivity index (χ0n) is 11.9. The molecule has 2 fully saturated rings. The van der Waals surface area contributed by atoms with E-state index in [1.807, 2.05) is 21.7 Å². The smallest absolute Gasteiger partial charge is 0.273 e. The quantitative estimate of drug-likeness (QED) is 0.843. The van der Waals surface area contributed by atoms with Gasteiger partial charge in [0.1, 0.15) is 10.7 Å². The van der Waals surface area contributed by atoms with E-state index < -0.39 is 0 Å². The lowest BCUT2D eigenvalue weighted by molar-refractivity contribution is 0.0774. The summed E-state index contributed by atoms with van der Waals surface area (Å²) >= 11 is 6.62. The zero-order chi connectivity index (χ0) is 15.3. The Kier molecular flexibility index (Phi) is 3.84. The second-order valence-electron chi connectivity index (χ2n) is 6.04. The molecule has 22 heavy (non-hydrogen) atoms. The third kappa shape index (κ3) is 2.54. The van der Waals surface area contributed by atoms with Crippen molar-refractivity contribution in [2.24, 2.45) is 17.6 Å². The number of rotatable bonds is 2. The van der Waals surface area contributed by atoms with Gasteiger partial charge in [0.05, 0.1) is 4.88 Å². The molecule has 1 aliphatic heterocycles. The standard InChI is InChI=1S/C15H16BrN3OS2/c16-9-3-13(21-6-9)14-18-12(7-22-14)15(20)19-4-8-1-2-11(17)10(8)5-19/h3,6-8,10-11H,1-2,4-5,17H2. The van der Waals surface area contributed by atoms with E-state index in [9.17, 15) is 4.79 Å². The van der Waals surface area contributed by atoms with Crippen molar-refractivity contribution in [3.05, 3.63) is 27.0 Å². The summed E-state index contributed by atoms with van der Waals surface area (Å²) in [5.74, 6) is 1.13. The van der Waals surface area contributed by atoms with E-state index in [4.69, 9.17) is 5.73 Å². The van der Waals surface area contributed by atoms with Crippen LogP contribution in [0.5, 0.6) is 0 Å². The average molecular weight is 398 g/mol. The molecule has 3 atom stereocenters. The van der Waals surface area contributed by atoms with E-state index in [0.717, 1.165) is 40.3 Å². The highest BCUT2D eigenvalue weighted by Crippen LogP contribution is 2.38. The van der Waals surface area contributed by atoms with Crippen molar-refractivity contribution in [3.63, 3.8) is 0 Å². The monoisotopic (exact) mass is 397 g/mol. The largest absolute Gasteiger partial charge is 0.337 e. The van der Waals surface area contributed by atoms with Gasteiger partial charge in [-0.05, 0) is 46.7 Å². The van der Waals surface area contributed by atoms with E-state index >= 15 is 0 Å². The SMILES string of the molecule is NC1CCC2CN(C(=O)c3csc(-c4cc(Br)cs4)n3)CC12. The number of halogens is 1. The van der Waals surface area contributed by atoms with E-state index in [1.54, 1.807) is 11.3 Å². The Morgan fingerprint density at radius 1 is 1.32 bits per heavy atom. The lowest BCUT2D eigenvalue weighted by atomic mass is 9.98. The number of nitrogens with zero attached hydrogens (tertiary/aromatic N) is 2. The fourth-order valence-corrected chi connectivity index (χ4v) is 5.85. The Hall–Kier alpha value is -0.760. The van der Waals surface area contributed by atoms with Crippen molar-refractivity contribution in [2.45, 2.75) is 18.9 Å². The van der Waals surface area contributed by atoms with E-state index in [2.05, 4.69) is 20.9 Å². The van der Waals surface area contributed by atoms with Crippen LogP contribution >= 0.6 is 38.6 Å². The molecule has 1 saturated heterocycles. The fourth-order valence-electron chi connectivity index (χ4n) is 3.55. The Morgan fingerprint density at radius 2 is 2.18 bits per heavy atom. The van der Waals surface area contributed by atoms with Gasteiger partial charge in [0.2, 0.25) is 0 Å². The van der Waals surface area contributed by atoms with Gasteiger partial charge < -0.3 is 10.6 Å². The summed E-state index contributed by atoms with van der Waals surface area (Å²) in [6.45, 7) is 1.64. The van der Waals surface area contributed by atoms with Gasteiger partial charge in [-0.15, -0.1) is 22.7 Å². The van der Waals surface area contributed by atoms with Crippen LogP contribution in [-0.2, 0) is 0 Å². The second-order valence-corrected chi connectivity index (χ2v) is 8.73. The Morgan fingerprint density at radius 3 is 2.91 bits per heavy atom. The van der Waals surface area contributed by atoms with E-state index in [-0.39, 0.29) is 11.9 Å². The molecule has 4 rings (SSSR count). The van der Waals surface area contributed by atoms with Crippen LogP contribution in [0.1, 0.15) is 23.3 Å². The zero-order valence-corrected chi connectivity index (χ0v) is 15.1. The molecule has 2 aromatic heterocycles. The molecule has 0 bridgehead atoms. The molecule has 2 aliphatic rings. The topological polar surface area (TPSA) is 59.2 Å². The number of carbonyl (C=O) groups is 1. The molecule has 0 radical (unpaired) electrons. The third-order valence-corrected chi connectivity index (χ3v) is 7.40. The Labute approximate surface area is 145 Å². The minimum atomic E-state index is 0.0553. The van der Waals surface area contributed by atoms with Crippen LogP contribution < -0.4 is 5.73 Å². The summed E-state index contributed by atoms with van der Waals surface area (Å²) in [6.07, 6.45) is 2.26. The summed E-state index contributed by atoms with van der Waals surface area (Å²) in [4.78, 5) is 20.2. The highest BCUT2D eigenvalue weighted by molar-refractivity contribution is 9.10. The summed E-state index contributed by atoms with van der Waals surface area (Å²) in [6, 6.07) is 2.30. The van der Waals surface area contributed by atoms with Crippen molar-refractivity contribution >= 4 is 44.5 Å². The second kappa shape index (κ2) is 5.70. The van der Waals surface area contributed by atoms with Crippen molar-refractivity contribution in [1.82, 2.24) is 9.88 Å². The normalized spacial score (nSPS) is 27.4. The highest BCUT2D eigenvalue weighted by Gasteiger charge is 2.42. The number of amides is 1. The fraction of sp³-hybridized carbons (Fsp3) is 0.467. The lowest BCUT2D eigenvalue weighted by Crippen LogP contribution is -2.33. The molecule has 3 heterocycles. The number of thiazole rings is 1. The van der Waals surface area contributed by atoms with Gasteiger partial charge >= 0.3 is 0 Å². The molecule has 116 valence electrons.